The lowest BCUT2D eigenvalue weighted by Crippen LogP contribution is -2.18. The van der Waals surface area contributed by atoms with Crippen LogP contribution in [0.2, 0.25) is 0 Å². The van der Waals surface area contributed by atoms with Crippen LogP contribution in [-0.2, 0) is 6.54 Å². The first-order valence-corrected chi connectivity index (χ1v) is 13.0. The average molecular weight is 485 g/mol. The molecule has 1 fully saturated rings. The minimum absolute atomic E-state index is 0.580. The highest BCUT2D eigenvalue weighted by Crippen LogP contribution is 2.26. The molecule has 2 aliphatic rings. The van der Waals surface area contributed by atoms with Gasteiger partial charge in [-0.2, -0.15) is 0 Å². The standard InChI is InChI=1S/C29H36N6O/c1-35-14-3-2-4-15-36-27-7-5-6-24(18-27)28-10-13-32-29(34-28)33-26-17-23(21-35)16-25(19-26)31-12-9-22-8-11-30-20-22/h2-3,5-7,10,13,16-19,22,30-31H,4,8-9,11-12,14-15,20-21H2,1H3,(H,32,33,34)/b3-2+. The van der Waals surface area contributed by atoms with E-state index in [-0.39, 0.29) is 0 Å². The van der Waals surface area contributed by atoms with Crippen LogP contribution in [0.15, 0.2) is 66.9 Å². The van der Waals surface area contributed by atoms with E-state index < -0.39 is 0 Å². The molecule has 2 aromatic carbocycles. The molecule has 1 saturated heterocycles. The maximum absolute atomic E-state index is 5.97. The number of aromatic nitrogens is 2. The Morgan fingerprint density at radius 3 is 3.03 bits per heavy atom. The van der Waals surface area contributed by atoms with Crippen LogP contribution in [0.4, 0.5) is 17.3 Å². The maximum Gasteiger partial charge on any atom is 0.227 e. The molecular weight excluding hydrogens is 448 g/mol. The topological polar surface area (TPSA) is 74.3 Å². The molecule has 3 aromatic rings. The van der Waals surface area contributed by atoms with E-state index in [1.54, 1.807) is 6.20 Å². The van der Waals surface area contributed by atoms with Gasteiger partial charge in [-0.25, -0.2) is 9.97 Å². The Morgan fingerprint density at radius 2 is 2.11 bits per heavy atom. The fourth-order valence-electron chi connectivity index (χ4n) is 4.79. The van der Waals surface area contributed by atoms with E-state index >= 15 is 0 Å². The summed E-state index contributed by atoms with van der Waals surface area (Å²) in [5, 5.41) is 10.6. The van der Waals surface area contributed by atoms with Crippen LogP contribution in [0.3, 0.4) is 0 Å². The first-order chi connectivity index (χ1) is 17.7. The molecule has 1 atom stereocenters. The smallest absolute Gasteiger partial charge is 0.227 e. The van der Waals surface area contributed by atoms with Crippen molar-refractivity contribution in [3.8, 4) is 17.0 Å². The van der Waals surface area contributed by atoms with Gasteiger partial charge in [-0.15, -0.1) is 0 Å². The Balaban J connectivity index is 1.41. The van der Waals surface area contributed by atoms with Crippen LogP contribution < -0.4 is 20.7 Å². The SMILES string of the molecule is CN1C/C=C/CCOc2cccc(c2)-c2ccnc(n2)Nc2cc(cc(NCCC3CCNC3)c2)C1. The van der Waals surface area contributed by atoms with Crippen molar-refractivity contribution in [3.63, 3.8) is 0 Å². The zero-order valence-corrected chi connectivity index (χ0v) is 21.0. The molecule has 1 unspecified atom stereocenters. The van der Waals surface area contributed by atoms with Gasteiger partial charge < -0.3 is 20.7 Å². The average Bonchev–Trinajstić information content (AvgIpc) is 3.39. The van der Waals surface area contributed by atoms with Crippen molar-refractivity contribution in [1.29, 1.82) is 0 Å². The van der Waals surface area contributed by atoms with Crippen molar-refractivity contribution < 1.29 is 4.74 Å². The van der Waals surface area contributed by atoms with Crippen LogP contribution in [0.1, 0.15) is 24.8 Å². The number of anilines is 3. The third-order valence-corrected chi connectivity index (χ3v) is 6.67. The Kier molecular flexibility index (Phi) is 8.10. The summed E-state index contributed by atoms with van der Waals surface area (Å²) >= 11 is 0. The molecule has 0 saturated carbocycles. The van der Waals surface area contributed by atoms with Gasteiger partial charge in [0.1, 0.15) is 5.75 Å². The lowest BCUT2D eigenvalue weighted by Gasteiger charge is -2.18. The van der Waals surface area contributed by atoms with Crippen LogP contribution >= 0.6 is 0 Å². The van der Waals surface area contributed by atoms with Crippen LogP contribution in [0.5, 0.6) is 5.75 Å². The number of benzene rings is 2. The molecule has 6 bridgehead atoms. The molecule has 3 N–H and O–H groups in total. The first kappa shape index (κ1) is 24.3. The molecule has 0 spiro atoms. The summed E-state index contributed by atoms with van der Waals surface area (Å²) in [7, 11) is 2.15. The van der Waals surface area contributed by atoms with Crippen molar-refractivity contribution in [2.24, 2.45) is 5.92 Å². The van der Waals surface area contributed by atoms with Crippen molar-refractivity contribution >= 4 is 17.3 Å². The molecule has 2 aliphatic heterocycles. The molecule has 1 aromatic heterocycles. The molecule has 0 aliphatic carbocycles. The summed E-state index contributed by atoms with van der Waals surface area (Å²) in [6.07, 6.45) is 9.54. The minimum atomic E-state index is 0.580. The monoisotopic (exact) mass is 484 g/mol. The molecule has 7 heteroatoms. The highest BCUT2D eigenvalue weighted by molar-refractivity contribution is 5.66. The Morgan fingerprint density at radius 1 is 1.14 bits per heavy atom. The summed E-state index contributed by atoms with van der Waals surface area (Å²) in [5.74, 6) is 2.20. The molecule has 0 radical (unpaired) electrons. The number of ether oxygens (including phenoxy) is 1. The van der Waals surface area contributed by atoms with Crippen LogP contribution in [0, 0.1) is 5.92 Å². The van der Waals surface area contributed by atoms with Gasteiger partial charge in [-0.1, -0.05) is 24.3 Å². The lowest BCUT2D eigenvalue weighted by atomic mass is 10.1. The zero-order valence-electron chi connectivity index (χ0n) is 21.0. The van der Waals surface area contributed by atoms with Gasteiger partial charge in [-0.05, 0) is 87.3 Å². The third-order valence-electron chi connectivity index (χ3n) is 6.67. The second-order valence-electron chi connectivity index (χ2n) is 9.72. The molecule has 7 nitrogen and oxygen atoms in total. The van der Waals surface area contributed by atoms with Crippen LogP contribution in [-0.4, -0.2) is 54.7 Å². The Labute approximate surface area is 214 Å². The quantitative estimate of drug-likeness (QED) is 0.447. The van der Waals surface area contributed by atoms with Crippen molar-refractivity contribution in [1.82, 2.24) is 20.2 Å². The van der Waals surface area contributed by atoms with Gasteiger partial charge in [0.15, 0.2) is 0 Å². The van der Waals surface area contributed by atoms with E-state index in [1.165, 1.54) is 18.4 Å². The van der Waals surface area contributed by atoms with E-state index in [0.717, 1.165) is 73.4 Å². The second kappa shape index (κ2) is 12.0. The molecule has 0 amide bonds. The maximum atomic E-state index is 5.97. The van der Waals surface area contributed by atoms with Gasteiger partial charge in [0.2, 0.25) is 5.95 Å². The predicted molar refractivity (Wildman–Crippen MR) is 147 cm³/mol. The highest BCUT2D eigenvalue weighted by atomic mass is 16.5. The highest BCUT2D eigenvalue weighted by Gasteiger charge is 2.14. The number of likely N-dealkylation sites (N-methyl/N-ethyl adjacent to an activating group) is 1. The van der Waals surface area contributed by atoms with Gasteiger partial charge in [0.25, 0.3) is 0 Å². The van der Waals surface area contributed by atoms with Gasteiger partial charge in [-0.3, -0.25) is 4.90 Å². The fraction of sp³-hybridized carbons (Fsp3) is 0.379. The van der Waals surface area contributed by atoms with Gasteiger partial charge in [0.05, 0.1) is 12.3 Å². The van der Waals surface area contributed by atoms with Gasteiger partial charge >= 0.3 is 0 Å². The summed E-state index contributed by atoms with van der Waals surface area (Å²) < 4.78 is 5.97. The number of nitrogens with zero attached hydrogens (tertiary/aromatic N) is 3. The largest absolute Gasteiger partial charge is 0.493 e. The Hall–Kier alpha value is -3.42. The third kappa shape index (κ3) is 6.83. The Bertz CT molecular complexity index is 1170. The van der Waals surface area contributed by atoms with E-state index in [1.807, 2.05) is 24.3 Å². The first-order valence-electron chi connectivity index (χ1n) is 13.0. The van der Waals surface area contributed by atoms with E-state index in [4.69, 9.17) is 9.72 Å². The normalized spacial score (nSPS) is 19.4. The number of nitrogens with one attached hydrogen (secondary N) is 3. The summed E-state index contributed by atoms with van der Waals surface area (Å²) in [6, 6.07) is 16.6. The second-order valence-corrected chi connectivity index (χ2v) is 9.72. The van der Waals surface area contributed by atoms with Gasteiger partial charge in [0, 0.05) is 42.8 Å². The summed E-state index contributed by atoms with van der Waals surface area (Å²) in [6.45, 7) is 5.63. The molecule has 5 rings (SSSR count). The van der Waals surface area contributed by atoms with Crippen LogP contribution in [0.25, 0.3) is 11.3 Å². The number of hydrogen-bond donors (Lipinski definition) is 3. The molecule has 3 heterocycles. The van der Waals surface area contributed by atoms with E-state index in [0.29, 0.717) is 12.6 Å². The van der Waals surface area contributed by atoms with E-state index in [2.05, 4.69) is 69.3 Å². The van der Waals surface area contributed by atoms with Crippen molar-refractivity contribution in [2.75, 3.05) is 50.5 Å². The van der Waals surface area contributed by atoms with E-state index in [9.17, 15) is 0 Å². The number of rotatable bonds is 4. The molecular formula is C29H36N6O. The van der Waals surface area contributed by atoms with Crippen molar-refractivity contribution in [2.45, 2.75) is 25.8 Å². The minimum Gasteiger partial charge on any atom is -0.493 e. The summed E-state index contributed by atoms with van der Waals surface area (Å²) in [4.78, 5) is 11.6. The number of fused-ring (bicyclic) bond motifs is 7. The molecule has 188 valence electrons. The lowest BCUT2D eigenvalue weighted by molar-refractivity contribution is 0.324. The molecule has 36 heavy (non-hydrogen) atoms. The zero-order chi connectivity index (χ0) is 24.6. The fourth-order valence-corrected chi connectivity index (χ4v) is 4.79. The van der Waals surface area contributed by atoms with Crippen molar-refractivity contribution in [3.05, 3.63) is 72.4 Å². The predicted octanol–water partition coefficient (Wildman–Crippen LogP) is 5.07. The number of hydrogen-bond acceptors (Lipinski definition) is 7. The summed E-state index contributed by atoms with van der Waals surface area (Å²) in [5.41, 5.74) is 5.22.